The second-order valence-electron chi connectivity index (χ2n) is 6.95. The van der Waals surface area contributed by atoms with E-state index < -0.39 is 6.10 Å². The van der Waals surface area contributed by atoms with Crippen molar-refractivity contribution >= 4 is 33.6 Å². The van der Waals surface area contributed by atoms with E-state index in [0.717, 1.165) is 42.2 Å². The standard InChI is InChI=1S/C22H25NO3S/c24-15-7-3-1-2-4-8-16-11-13-19(25)17(16)12-14-20(26)22-23-18-9-5-6-10-21(18)27-22/h2,4-6,9-10,12,14-17,20,26H,1,3,7-8,11,13H2/b4-2-,14-12+/t16-,17+,20+/m0/s1. The summed E-state index contributed by atoms with van der Waals surface area (Å²) in [5.41, 5.74) is 0.888. The fraction of sp³-hybridized carbons (Fsp3) is 0.409. The van der Waals surface area contributed by atoms with Crippen LogP contribution in [0.2, 0.25) is 0 Å². The van der Waals surface area contributed by atoms with Crippen LogP contribution in [0.4, 0.5) is 0 Å². The Labute approximate surface area is 163 Å². The topological polar surface area (TPSA) is 67.3 Å². The average molecular weight is 384 g/mol. The van der Waals surface area contributed by atoms with Crippen LogP contribution >= 0.6 is 11.3 Å². The molecule has 1 aliphatic carbocycles. The Bertz CT molecular complexity index is 806. The van der Waals surface area contributed by atoms with E-state index in [1.165, 1.54) is 11.3 Å². The molecule has 1 N–H and O–H groups in total. The van der Waals surface area contributed by atoms with Crippen molar-refractivity contribution in [1.82, 2.24) is 4.98 Å². The number of Topliss-reactive ketones (excluding diaryl/α,β-unsaturated/α-hetero) is 1. The van der Waals surface area contributed by atoms with Crippen molar-refractivity contribution in [2.24, 2.45) is 11.8 Å². The lowest BCUT2D eigenvalue weighted by Crippen LogP contribution is -2.12. The number of fused-ring (bicyclic) bond motifs is 1. The number of para-hydroxylation sites is 1. The normalized spacial score (nSPS) is 21.6. The number of hydrogen-bond acceptors (Lipinski definition) is 5. The van der Waals surface area contributed by atoms with Gasteiger partial charge in [0, 0.05) is 18.8 Å². The molecule has 1 saturated carbocycles. The third-order valence-corrected chi connectivity index (χ3v) is 6.11. The monoisotopic (exact) mass is 383 g/mol. The Morgan fingerprint density at radius 3 is 2.93 bits per heavy atom. The Morgan fingerprint density at radius 1 is 1.26 bits per heavy atom. The molecule has 3 rings (SSSR count). The maximum Gasteiger partial charge on any atom is 0.140 e. The van der Waals surface area contributed by atoms with Gasteiger partial charge in [-0.25, -0.2) is 4.98 Å². The van der Waals surface area contributed by atoms with E-state index in [0.29, 0.717) is 23.8 Å². The van der Waals surface area contributed by atoms with Gasteiger partial charge in [-0.2, -0.15) is 0 Å². The first-order valence-electron chi connectivity index (χ1n) is 9.52. The van der Waals surface area contributed by atoms with Crippen LogP contribution in [0.3, 0.4) is 0 Å². The van der Waals surface area contributed by atoms with E-state index in [2.05, 4.69) is 17.1 Å². The van der Waals surface area contributed by atoms with Gasteiger partial charge in [0.1, 0.15) is 23.2 Å². The quantitative estimate of drug-likeness (QED) is 0.384. The predicted molar refractivity (Wildman–Crippen MR) is 109 cm³/mol. The first-order valence-corrected chi connectivity index (χ1v) is 10.3. The summed E-state index contributed by atoms with van der Waals surface area (Å²) < 4.78 is 1.05. The number of unbranched alkanes of at least 4 members (excludes halogenated alkanes) is 2. The number of aliphatic hydroxyl groups excluding tert-OH is 1. The van der Waals surface area contributed by atoms with Gasteiger partial charge in [0.2, 0.25) is 0 Å². The number of hydrogen-bond donors (Lipinski definition) is 1. The highest BCUT2D eigenvalue weighted by Crippen LogP contribution is 2.34. The summed E-state index contributed by atoms with van der Waals surface area (Å²) in [6.45, 7) is 0. The molecule has 0 amide bonds. The van der Waals surface area contributed by atoms with Crippen molar-refractivity contribution < 1.29 is 14.7 Å². The molecular weight excluding hydrogens is 358 g/mol. The molecule has 0 aliphatic heterocycles. The lowest BCUT2D eigenvalue weighted by molar-refractivity contribution is -0.119. The predicted octanol–water partition coefficient (Wildman–Crippen LogP) is 4.80. The summed E-state index contributed by atoms with van der Waals surface area (Å²) in [5.74, 6) is 0.411. The zero-order valence-electron chi connectivity index (χ0n) is 15.3. The molecule has 1 fully saturated rings. The number of ketones is 1. The van der Waals surface area contributed by atoms with Crippen LogP contribution in [0.5, 0.6) is 0 Å². The van der Waals surface area contributed by atoms with E-state index in [1.54, 1.807) is 6.08 Å². The molecule has 5 heteroatoms. The minimum Gasteiger partial charge on any atom is -0.382 e. The largest absolute Gasteiger partial charge is 0.382 e. The number of aldehydes is 1. The third kappa shape index (κ3) is 5.21. The molecule has 1 aromatic carbocycles. The average Bonchev–Trinajstić information content (AvgIpc) is 3.26. The zero-order chi connectivity index (χ0) is 19.1. The van der Waals surface area contributed by atoms with Crippen LogP contribution in [0, 0.1) is 11.8 Å². The molecule has 0 bridgehead atoms. The number of allylic oxidation sites excluding steroid dienone is 3. The zero-order valence-corrected chi connectivity index (χ0v) is 16.1. The van der Waals surface area contributed by atoms with Gasteiger partial charge in [-0.3, -0.25) is 4.79 Å². The van der Waals surface area contributed by atoms with Gasteiger partial charge in [0.25, 0.3) is 0 Å². The van der Waals surface area contributed by atoms with E-state index in [4.69, 9.17) is 0 Å². The highest BCUT2D eigenvalue weighted by atomic mass is 32.1. The van der Waals surface area contributed by atoms with E-state index in [-0.39, 0.29) is 11.7 Å². The third-order valence-electron chi connectivity index (χ3n) is 5.00. The number of nitrogens with zero attached hydrogens (tertiary/aromatic N) is 1. The fourth-order valence-electron chi connectivity index (χ4n) is 3.50. The highest BCUT2D eigenvalue weighted by molar-refractivity contribution is 7.18. The van der Waals surface area contributed by atoms with Crippen LogP contribution in [-0.2, 0) is 9.59 Å². The number of aromatic nitrogens is 1. The van der Waals surface area contributed by atoms with Gasteiger partial charge in [0.05, 0.1) is 10.2 Å². The van der Waals surface area contributed by atoms with Gasteiger partial charge in [0.15, 0.2) is 0 Å². The first kappa shape index (κ1) is 19.6. The van der Waals surface area contributed by atoms with Crippen molar-refractivity contribution in [2.45, 2.75) is 44.6 Å². The molecule has 1 aromatic heterocycles. The molecule has 2 aromatic rings. The number of thiazole rings is 1. The van der Waals surface area contributed by atoms with Crippen LogP contribution < -0.4 is 0 Å². The lowest BCUT2D eigenvalue weighted by Gasteiger charge is -2.13. The minimum absolute atomic E-state index is 0.131. The maximum absolute atomic E-state index is 12.2. The number of carbonyl (C=O) groups excluding carboxylic acids is 2. The van der Waals surface area contributed by atoms with Crippen LogP contribution in [0.15, 0.2) is 48.6 Å². The molecule has 0 spiro atoms. The molecule has 1 aliphatic rings. The lowest BCUT2D eigenvalue weighted by atomic mass is 9.91. The van der Waals surface area contributed by atoms with Gasteiger partial charge >= 0.3 is 0 Å². The minimum atomic E-state index is -0.782. The molecule has 3 atom stereocenters. The molecule has 27 heavy (non-hydrogen) atoms. The second kappa shape index (κ2) is 9.72. The summed E-state index contributed by atoms with van der Waals surface area (Å²) in [5, 5.41) is 11.1. The number of benzene rings is 1. The molecule has 0 unspecified atom stereocenters. The fourth-order valence-corrected chi connectivity index (χ4v) is 4.43. The molecule has 0 saturated heterocycles. The van der Waals surface area contributed by atoms with Crippen LogP contribution in [0.1, 0.15) is 49.6 Å². The number of aliphatic hydroxyl groups is 1. The Balaban J connectivity index is 1.59. The van der Waals surface area contributed by atoms with Gasteiger partial charge < -0.3 is 9.90 Å². The molecular formula is C22H25NO3S. The van der Waals surface area contributed by atoms with Crippen molar-refractivity contribution in [3.05, 3.63) is 53.6 Å². The summed E-state index contributed by atoms with van der Waals surface area (Å²) in [6, 6.07) is 7.82. The number of rotatable bonds is 9. The highest BCUT2D eigenvalue weighted by Gasteiger charge is 2.31. The second-order valence-corrected chi connectivity index (χ2v) is 8.01. The van der Waals surface area contributed by atoms with Crippen LogP contribution in [0.25, 0.3) is 10.2 Å². The molecule has 4 nitrogen and oxygen atoms in total. The summed E-state index contributed by atoms with van der Waals surface area (Å²) in [6.07, 6.45) is 12.7. The van der Waals surface area contributed by atoms with E-state index in [9.17, 15) is 14.7 Å². The Kier molecular flexibility index (Phi) is 7.07. The summed E-state index contributed by atoms with van der Waals surface area (Å²) in [4.78, 5) is 27.0. The maximum atomic E-state index is 12.2. The first-order chi connectivity index (χ1) is 13.2. The number of carbonyl (C=O) groups is 2. The molecule has 1 heterocycles. The van der Waals surface area contributed by atoms with Crippen molar-refractivity contribution in [3.63, 3.8) is 0 Å². The Morgan fingerprint density at radius 2 is 2.11 bits per heavy atom. The van der Waals surface area contributed by atoms with Crippen molar-refractivity contribution in [1.29, 1.82) is 0 Å². The molecule has 0 radical (unpaired) electrons. The van der Waals surface area contributed by atoms with E-state index >= 15 is 0 Å². The van der Waals surface area contributed by atoms with Gasteiger partial charge in [-0.05, 0) is 43.7 Å². The molecule has 142 valence electrons. The van der Waals surface area contributed by atoms with Crippen molar-refractivity contribution in [3.8, 4) is 0 Å². The van der Waals surface area contributed by atoms with Crippen molar-refractivity contribution in [2.75, 3.05) is 0 Å². The van der Waals surface area contributed by atoms with Crippen LogP contribution in [-0.4, -0.2) is 22.2 Å². The Hall–Kier alpha value is -2.11. The SMILES string of the molecule is O=CCCC/C=C\C[C@H]1CCC(=O)[C@@H]1/C=C/[C@@H](O)c1nc2ccccc2s1. The van der Waals surface area contributed by atoms with Gasteiger partial charge in [-0.15, -0.1) is 11.3 Å². The smallest absolute Gasteiger partial charge is 0.140 e. The summed E-state index contributed by atoms with van der Waals surface area (Å²) in [7, 11) is 0. The summed E-state index contributed by atoms with van der Waals surface area (Å²) >= 11 is 1.48. The van der Waals surface area contributed by atoms with E-state index in [1.807, 2.05) is 30.3 Å². The van der Waals surface area contributed by atoms with Gasteiger partial charge in [-0.1, -0.05) is 36.4 Å².